The lowest BCUT2D eigenvalue weighted by atomic mass is 9.69. The van der Waals surface area contributed by atoms with Gasteiger partial charge in [0.2, 0.25) is 0 Å². The summed E-state index contributed by atoms with van der Waals surface area (Å²) in [6.07, 6.45) is 5.60. The van der Waals surface area contributed by atoms with Gasteiger partial charge in [0.05, 0.1) is 5.41 Å². The van der Waals surface area contributed by atoms with Crippen LogP contribution in [0.1, 0.15) is 50.2 Å². The van der Waals surface area contributed by atoms with Gasteiger partial charge in [0, 0.05) is 0 Å². The molecule has 23 heavy (non-hydrogen) atoms. The van der Waals surface area contributed by atoms with Crippen molar-refractivity contribution in [2.75, 3.05) is 0 Å². The van der Waals surface area contributed by atoms with Crippen LogP contribution in [0.2, 0.25) is 0 Å². The average Bonchev–Trinajstić information content (AvgIpc) is 2.62. The lowest BCUT2D eigenvalue weighted by molar-refractivity contribution is -0.145. The van der Waals surface area contributed by atoms with Crippen molar-refractivity contribution in [3.63, 3.8) is 0 Å². The number of benzene rings is 2. The van der Waals surface area contributed by atoms with Gasteiger partial charge in [-0.2, -0.15) is 0 Å². The summed E-state index contributed by atoms with van der Waals surface area (Å²) in [6.45, 7) is 2.15. The Kier molecular flexibility index (Phi) is 4.51. The highest BCUT2D eigenvalue weighted by atomic mass is 16.4. The topological polar surface area (TPSA) is 37.3 Å². The quantitative estimate of drug-likeness (QED) is 0.842. The van der Waals surface area contributed by atoms with Crippen LogP contribution >= 0.6 is 0 Å². The number of hydrogen-bond acceptors (Lipinski definition) is 1. The molecule has 120 valence electrons. The molecule has 1 saturated carbocycles. The minimum Gasteiger partial charge on any atom is -0.481 e. The van der Waals surface area contributed by atoms with Crippen LogP contribution in [0.5, 0.6) is 0 Å². The molecule has 2 nitrogen and oxygen atoms in total. The van der Waals surface area contributed by atoms with Crippen LogP contribution in [-0.4, -0.2) is 11.1 Å². The van der Waals surface area contributed by atoms with E-state index in [9.17, 15) is 9.90 Å². The van der Waals surface area contributed by atoms with Crippen LogP contribution in [0.3, 0.4) is 0 Å². The molecule has 0 spiro atoms. The van der Waals surface area contributed by atoms with Gasteiger partial charge in [-0.1, -0.05) is 68.7 Å². The highest BCUT2D eigenvalue weighted by Crippen LogP contribution is 2.41. The van der Waals surface area contributed by atoms with Crippen LogP contribution in [-0.2, 0) is 16.6 Å². The van der Waals surface area contributed by atoms with E-state index in [1.807, 2.05) is 24.3 Å². The number of rotatable bonds is 4. The Morgan fingerprint density at radius 1 is 1.04 bits per heavy atom. The minimum atomic E-state index is -0.700. The van der Waals surface area contributed by atoms with Gasteiger partial charge < -0.3 is 5.11 Å². The van der Waals surface area contributed by atoms with Crippen LogP contribution in [0.15, 0.2) is 48.5 Å². The first kappa shape index (κ1) is 15.8. The maximum absolute atomic E-state index is 12.1. The lowest BCUT2D eigenvalue weighted by Crippen LogP contribution is -2.37. The van der Waals surface area contributed by atoms with E-state index in [1.165, 1.54) is 16.7 Å². The van der Waals surface area contributed by atoms with Crippen molar-refractivity contribution in [1.29, 1.82) is 0 Å². The third kappa shape index (κ3) is 2.90. The third-order valence-corrected chi connectivity index (χ3v) is 5.24. The van der Waals surface area contributed by atoms with Gasteiger partial charge in [-0.15, -0.1) is 0 Å². The smallest absolute Gasteiger partial charge is 0.314 e. The molecule has 0 bridgehead atoms. The molecule has 0 saturated heterocycles. The van der Waals surface area contributed by atoms with E-state index < -0.39 is 11.4 Å². The molecule has 0 radical (unpaired) electrons. The second-order valence-electron chi connectivity index (χ2n) is 6.54. The van der Waals surface area contributed by atoms with E-state index in [4.69, 9.17) is 0 Å². The Bertz CT molecular complexity index is 682. The monoisotopic (exact) mass is 308 g/mol. The second-order valence-corrected chi connectivity index (χ2v) is 6.54. The summed E-state index contributed by atoms with van der Waals surface area (Å²) in [4.78, 5) is 12.1. The van der Waals surface area contributed by atoms with E-state index >= 15 is 0 Å². The van der Waals surface area contributed by atoms with Crippen molar-refractivity contribution < 1.29 is 9.90 Å². The molecular weight excluding hydrogens is 284 g/mol. The van der Waals surface area contributed by atoms with Crippen molar-refractivity contribution in [3.8, 4) is 11.1 Å². The van der Waals surface area contributed by atoms with Crippen LogP contribution < -0.4 is 0 Å². The zero-order chi connectivity index (χ0) is 16.3. The van der Waals surface area contributed by atoms with Crippen molar-refractivity contribution in [2.24, 2.45) is 0 Å². The molecule has 0 atom stereocenters. The standard InChI is InChI=1S/C21H24O2/c1-2-16-11-12-18(15-19(16)17-9-5-3-6-10-17)21(20(22)23)13-7-4-8-14-21/h3,5-6,9-12,15H,2,4,7-8,13-14H2,1H3,(H,22,23). The van der Waals surface area contributed by atoms with Gasteiger partial charge in [-0.25, -0.2) is 0 Å². The van der Waals surface area contributed by atoms with Crippen molar-refractivity contribution >= 4 is 5.97 Å². The highest BCUT2D eigenvalue weighted by Gasteiger charge is 2.41. The number of aliphatic carboxylic acids is 1. The Hall–Kier alpha value is -2.09. The van der Waals surface area contributed by atoms with E-state index in [2.05, 4.69) is 31.2 Å². The molecule has 1 fully saturated rings. The van der Waals surface area contributed by atoms with Gasteiger partial charge in [-0.3, -0.25) is 4.79 Å². The normalized spacial score (nSPS) is 16.9. The number of hydrogen-bond donors (Lipinski definition) is 1. The van der Waals surface area contributed by atoms with Crippen LogP contribution in [0.4, 0.5) is 0 Å². The molecule has 0 unspecified atom stereocenters. The SMILES string of the molecule is CCc1ccc(C2(C(=O)O)CCCCC2)cc1-c1ccccc1. The van der Waals surface area contributed by atoms with E-state index in [-0.39, 0.29) is 0 Å². The predicted octanol–water partition coefficient (Wildman–Crippen LogP) is 5.20. The van der Waals surface area contributed by atoms with Crippen molar-refractivity contribution in [1.82, 2.24) is 0 Å². The number of aryl methyl sites for hydroxylation is 1. The summed E-state index contributed by atoms with van der Waals surface area (Å²) in [5, 5.41) is 9.93. The Balaban J connectivity index is 2.12. The number of carboxylic acid groups (broad SMARTS) is 1. The van der Waals surface area contributed by atoms with Gasteiger partial charge in [0.15, 0.2) is 0 Å². The zero-order valence-corrected chi connectivity index (χ0v) is 13.7. The second kappa shape index (κ2) is 6.57. The Morgan fingerprint density at radius 3 is 2.35 bits per heavy atom. The molecule has 2 aromatic rings. The summed E-state index contributed by atoms with van der Waals surface area (Å²) in [6, 6.07) is 16.6. The van der Waals surface area contributed by atoms with Crippen molar-refractivity contribution in [3.05, 3.63) is 59.7 Å². The fraction of sp³-hybridized carbons (Fsp3) is 0.381. The summed E-state index contributed by atoms with van der Waals surface area (Å²) in [5.41, 5.74) is 3.89. The molecule has 1 aliphatic carbocycles. The van der Waals surface area contributed by atoms with Crippen LogP contribution in [0.25, 0.3) is 11.1 Å². The zero-order valence-electron chi connectivity index (χ0n) is 13.7. The van der Waals surface area contributed by atoms with Gasteiger partial charge in [-0.05, 0) is 47.6 Å². The summed E-state index contributed by atoms with van der Waals surface area (Å²) in [7, 11) is 0. The minimum absolute atomic E-state index is 0.666. The largest absolute Gasteiger partial charge is 0.481 e. The molecule has 1 N–H and O–H groups in total. The molecule has 0 amide bonds. The molecular formula is C21H24O2. The average molecular weight is 308 g/mol. The first-order valence-electron chi connectivity index (χ1n) is 8.59. The first-order chi connectivity index (χ1) is 11.2. The molecule has 0 aliphatic heterocycles. The predicted molar refractivity (Wildman–Crippen MR) is 93.7 cm³/mol. The Morgan fingerprint density at radius 2 is 1.74 bits per heavy atom. The third-order valence-electron chi connectivity index (χ3n) is 5.24. The summed E-state index contributed by atoms with van der Waals surface area (Å²) >= 11 is 0. The highest BCUT2D eigenvalue weighted by molar-refractivity contribution is 5.83. The van der Waals surface area contributed by atoms with Crippen LogP contribution in [0, 0.1) is 0 Å². The van der Waals surface area contributed by atoms with Crippen molar-refractivity contribution in [2.45, 2.75) is 50.9 Å². The summed E-state index contributed by atoms with van der Waals surface area (Å²) < 4.78 is 0. The molecule has 0 aromatic heterocycles. The fourth-order valence-electron chi connectivity index (χ4n) is 3.85. The van der Waals surface area contributed by atoms with Gasteiger partial charge >= 0.3 is 5.97 Å². The number of carbonyl (C=O) groups is 1. The maximum atomic E-state index is 12.1. The van der Waals surface area contributed by atoms with E-state index in [0.29, 0.717) is 0 Å². The van der Waals surface area contributed by atoms with Gasteiger partial charge in [0.25, 0.3) is 0 Å². The summed E-state index contributed by atoms with van der Waals surface area (Å²) in [5.74, 6) is -0.666. The fourth-order valence-corrected chi connectivity index (χ4v) is 3.85. The van der Waals surface area contributed by atoms with E-state index in [0.717, 1.165) is 44.1 Å². The first-order valence-corrected chi connectivity index (χ1v) is 8.59. The molecule has 2 aromatic carbocycles. The maximum Gasteiger partial charge on any atom is 0.314 e. The van der Waals surface area contributed by atoms with E-state index in [1.54, 1.807) is 0 Å². The number of carboxylic acids is 1. The molecule has 3 rings (SSSR count). The molecule has 2 heteroatoms. The molecule has 1 aliphatic rings. The van der Waals surface area contributed by atoms with Gasteiger partial charge in [0.1, 0.15) is 0 Å². The molecule has 0 heterocycles. The lowest BCUT2D eigenvalue weighted by Gasteiger charge is -2.34. The Labute approximate surface area is 138 Å².